The predicted octanol–water partition coefficient (Wildman–Crippen LogP) is 3.54. The zero-order chi connectivity index (χ0) is 20.7. The van der Waals surface area contributed by atoms with Gasteiger partial charge in [0.05, 0.1) is 11.6 Å². The minimum Gasteiger partial charge on any atom is -0.460 e. The molecule has 1 N–H and O–H groups in total. The van der Waals surface area contributed by atoms with Gasteiger partial charge in [-0.1, -0.05) is 0 Å². The molecular formula is C20H24N4O3S. The molecule has 0 aliphatic carbocycles. The van der Waals surface area contributed by atoms with Gasteiger partial charge in [0.25, 0.3) is 5.91 Å². The number of nitriles is 1. The molecule has 1 aromatic heterocycles. The van der Waals surface area contributed by atoms with Crippen LogP contribution in [0.4, 0.5) is 5.13 Å². The van der Waals surface area contributed by atoms with E-state index in [0.29, 0.717) is 34.9 Å². The summed E-state index contributed by atoms with van der Waals surface area (Å²) in [5.41, 5.74) is 1.05. The van der Waals surface area contributed by atoms with E-state index in [1.807, 2.05) is 6.07 Å². The highest BCUT2D eigenvalue weighted by Crippen LogP contribution is 2.17. The molecule has 8 heteroatoms. The third-order valence-electron chi connectivity index (χ3n) is 4.12. The van der Waals surface area contributed by atoms with Gasteiger partial charge in [-0.2, -0.15) is 5.26 Å². The number of nitrogens with one attached hydrogen (secondary N) is 1. The molecule has 0 saturated carbocycles. The number of aromatic nitrogens is 1. The molecule has 0 atom stereocenters. The average molecular weight is 401 g/mol. The Hall–Kier alpha value is -2.76. The highest BCUT2D eigenvalue weighted by atomic mass is 32.1. The second-order valence-electron chi connectivity index (χ2n) is 6.74. The number of hydrogen-bond acceptors (Lipinski definition) is 7. The Bertz CT molecular complexity index is 845. The number of rotatable bonds is 8. The topological polar surface area (TPSA) is 95.3 Å². The SMILES string of the molecule is CC(C)N(CCOC(=O)c1csc(NC(=O)c2ccc(C#N)cc2)n1)C(C)C. The van der Waals surface area contributed by atoms with E-state index in [2.05, 4.69) is 42.9 Å². The first-order valence-corrected chi connectivity index (χ1v) is 9.89. The van der Waals surface area contributed by atoms with Crippen molar-refractivity contribution in [1.82, 2.24) is 9.88 Å². The summed E-state index contributed by atoms with van der Waals surface area (Å²) in [5, 5.41) is 13.3. The minimum atomic E-state index is -0.511. The zero-order valence-corrected chi connectivity index (χ0v) is 17.2. The summed E-state index contributed by atoms with van der Waals surface area (Å²) in [4.78, 5) is 30.7. The van der Waals surface area contributed by atoms with E-state index in [0.717, 1.165) is 11.3 Å². The molecule has 1 heterocycles. The van der Waals surface area contributed by atoms with Crippen LogP contribution in [0.5, 0.6) is 0 Å². The van der Waals surface area contributed by atoms with Crippen molar-refractivity contribution in [3.63, 3.8) is 0 Å². The molecule has 2 rings (SSSR count). The molecule has 0 aliphatic heterocycles. The van der Waals surface area contributed by atoms with E-state index < -0.39 is 5.97 Å². The number of benzene rings is 1. The molecule has 0 radical (unpaired) electrons. The number of esters is 1. The van der Waals surface area contributed by atoms with Gasteiger partial charge in [0.15, 0.2) is 10.8 Å². The fourth-order valence-corrected chi connectivity index (χ4v) is 3.40. The number of carbonyl (C=O) groups excluding carboxylic acids is 2. The first kappa shape index (κ1) is 21.5. The number of anilines is 1. The van der Waals surface area contributed by atoms with Crippen LogP contribution >= 0.6 is 11.3 Å². The second kappa shape index (κ2) is 9.97. The van der Waals surface area contributed by atoms with Gasteiger partial charge >= 0.3 is 5.97 Å². The van der Waals surface area contributed by atoms with Crippen molar-refractivity contribution in [2.24, 2.45) is 0 Å². The van der Waals surface area contributed by atoms with Crippen LogP contribution in [-0.4, -0.2) is 47.0 Å². The van der Waals surface area contributed by atoms with Crippen LogP contribution in [0.1, 0.15) is 54.1 Å². The number of nitrogens with zero attached hydrogens (tertiary/aromatic N) is 3. The summed E-state index contributed by atoms with van der Waals surface area (Å²) in [6.07, 6.45) is 0. The van der Waals surface area contributed by atoms with Crippen LogP contribution in [0.2, 0.25) is 0 Å². The van der Waals surface area contributed by atoms with Crippen molar-refractivity contribution in [2.45, 2.75) is 39.8 Å². The fourth-order valence-electron chi connectivity index (χ4n) is 2.72. The van der Waals surface area contributed by atoms with Gasteiger partial charge in [0.2, 0.25) is 0 Å². The third-order valence-corrected chi connectivity index (χ3v) is 4.88. The van der Waals surface area contributed by atoms with E-state index >= 15 is 0 Å². The molecule has 2 aromatic rings. The van der Waals surface area contributed by atoms with Crippen LogP contribution in [0, 0.1) is 11.3 Å². The smallest absolute Gasteiger partial charge is 0.357 e. The van der Waals surface area contributed by atoms with Crippen LogP contribution in [-0.2, 0) is 4.74 Å². The average Bonchev–Trinajstić information content (AvgIpc) is 3.13. The second-order valence-corrected chi connectivity index (χ2v) is 7.60. The molecule has 0 spiro atoms. The highest BCUT2D eigenvalue weighted by Gasteiger charge is 2.17. The quantitative estimate of drug-likeness (QED) is 0.681. The van der Waals surface area contributed by atoms with Crippen molar-refractivity contribution in [1.29, 1.82) is 5.26 Å². The van der Waals surface area contributed by atoms with Gasteiger partial charge in [0.1, 0.15) is 6.61 Å². The monoisotopic (exact) mass is 400 g/mol. The molecule has 0 saturated heterocycles. The number of carbonyl (C=O) groups is 2. The van der Waals surface area contributed by atoms with Crippen molar-refractivity contribution >= 4 is 28.3 Å². The van der Waals surface area contributed by atoms with E-state index in [9.17, 15) is 9.59 Å². The Morgan fingerprint density at radius 2 is 1.86 bits per heavy atom. The molecule has 1 aromatic carbocycles. The summed E-state index contributed by atoms with van der Waals surface area (Å²) in [6.45, 7) is 9.33. The van der Waals surface area contributed by atoms with Crippen LogP contribution < -0.4 is 5.32 Å². The van der Waals surface area contributed by atoms with Gasteiger partial charge < -0.3 is 4.74 Å². The molecule has 28 heavy (non-hydrogen) atoms. The maximum absolute atomic E-state index is 12.2. The molecule has 7 nitrogen and oxygen atoms in total. The van der Waals surface area contributed by atoms with Crippen molar-refractivity contribution in [2.75, 3.05) is 18.5 Å². The summed E-state index contributed by atoms with van der Waals surface area (Å²) in [7, 11) is 0. The molecule has 148 valence electrons. The maximum atomic E-state index is 12.2. The predicted molar refractivity (Wildman–Crippen MR) is 108 cm³/mol. The van der Waals surface area contributed by atoms with E-state index in [1.165, 1.54) is 0 Å². The molecule has 0 aliphatic rings. The van der Waals surface area contributed by atoms with Gasteiger partial charge in [-0.05, 0) is 52.0 Å². The van der Waals surface area contributed by atoms with E-state index in [4.69, 9.17) is 10.00 Å². The number of thiazole rings is 1. The van der Waals surface area contributed by atoms with Crippen LogP contribution in [0.3, 0.4) is 0 Å². The van der Waals surface area contributed by atoms with E-state index in [1.54, 1.807) is 29.6 Å². The molecule has 0 fully saturated rings. The highest BCUT2D eigenvalue weighted by molar-refractivity contribution is 7.14. The van der Waals surface area contributed by atoms with Gasteiger partial charge in [-0.3, -0.25) is 15.0 Å². The Labute approximate surface area is 169 Å². The van der Waals surface area contributed by atoms with Gasteiger partial charge in [-0.25, -0.2) is 9.78 Å². The largest absolute Gasteiger partial charge is 0.460 e. The summed E-state index contributed by atoms with van der Waals surface area (Å²) < 4.78 is 5.31. The number of amides is 1. The lowest BCUT2D eigenvalue weighted by Gasteiger charge is -2.30. The Kier molecular flexibility index (Phi) is 7.67. The Morgan fingerprint density at radius 1 is 1.21 bits per heavy atom. The van der Waals surface area contributed by atoms with Crippen molar-refractivity contribution < 1.29 is 14.3 Å². The van der Waals surface area contributed by atoms with Crippen LogP contribution in [0.25, 0.3) is 0 Å². The molecule has 1 amide bonds. The Balaban J connectivity index is 1.89. The van der Waals surface area contributed by atoms with Gasteiger partial charge in [0, 0.05) is 29.6 Å². The fraction of sp³-hybridized carbons (Fsp3) is 0.400. The Morgan fingerprint density at radius 3 is 2.43 bits per heavy atom. The number of ether oxygens (including phenoxy) is 1. The van der Waals surface area contributed by atoms with Crippen molar-refractivity contribution in [3.8, 4) is 6.07 Å². The lowest BCUT2D eigenvalue weighted by molar-refractivity contribution is 0.0411. The summed E-state index contributed by atoms with van der Waals surface area (Å²) in [5.74, 6) is -0.870. The number of hydrogen-bond donors (Lipinski definition) is 1. The summed E-state index contributed by atoms with van der Waals surface area (Å²) in [6, 6.07) is 8.98. The lowest BCUT2D eigenvalue weighted by atomic mass is 10.1. The molecule has 0 unspecified atom stereocenters. The zero-order valence-electron chi connectivity index (χ0n) is 16.4. The maximum Gasteiger partial charge on any atom is 0.357 e. The van der Waals surface area contributed by atoms with Gasteiger partial charge in [-0.15, -0.1) is 11.3 Å². The first-order chi connectivity index (χ1) is 13.3. The molecule has 0 bridgehead atoms. The normalized spacial score (nSPS) is 10.9. The molecular weight excluding hydrogens is 376 g/mol. The van der Waals surface area contributed by atoms with E-state index in [-0.39, 0.29) is 18.2 Å². The lowest BCUT2D eigenvalue weighted by Crippen LogP contribution is -2.39. The van der Waals surface area contributed by atoms with Crippen LogP contribution in [0.15, 0.2) is 29.6 Å². The summed E-state index contributed by atoms with van der Waals surface area (Å²) >= 11 is 1.15. The first-order valence-electron chi connectivity index (χ1n) is 9.01. The minimum absolute atomic E-state index is 0.167. The van der Waals surface area contributed by atoms with Crippen molar-refractivity contribution in [3.05, 3.63) is 46.5 Å². The standard InChI is InChI=1S/C20H24N4O3S/c1-13(2)24(14(3)4)9-10-27-19(26)17-12-28-20(22-17)23-18(25)16-7-5-15(11-21)6-8-16/h5-8,12-14H,9-10H2,1-4H3,(H,22,23,25). The third kappa shape index (κ3) is 5.87.